The van der Waals surface area contributed by atoms with E-state index < -0.39 is 6.03 Å². The van der Waals surface area contributed by atoms with Gasteiger partial charge in [0.05, 0.1) is 12.8 Å². The molecule has 1 aromatic heterocycles. The fourth-order valence-corrected chi connectivity index (χ4v) is 3.42. The topological polar surface area (TPSA) is 92.4 Å². The Labute approximate surface area is 170 Å². The number of thiazole rings is 1. The van der Waals surface area contributed by atoms with Gasteiger partial charge in [0.25, 0.3) is 5.91 Å². The molecule has 3 rings (SSSR count). The number of aromatic nitrogens is 1. The van der Waals surface area contributed by atoms with E-state index in [2.05, 4.69) is 20.9 Å². The molecule has 3 aromatic rings. The number of halogens is 1. The Morgan fingerprint density at radius 1 is 1.04 bits per heavy atom. The Bertz CT molecular complexity index is 1020. The zero-order valence-electron chi connectivity index (χ0n) is 15.1. The standard InChI is InChI=1S/C19H17ClN4O3S/c1-11-16(17(25)22-14-7-4-8-15(10-14)27-2)28-19(21-11)24-18(26)23-13-6-3-5-12(20)9-13/h3-10H,1-2H3,(H,22,25)(H2,21,23,24,26). The van der Waals surface area contributed by atoms with Gasteiger partial charge in [0.2, 0.25) is 0 Å². The molecular weight excluding hydrogens is 400 g/mol. The van der Waals surface area contributed by atoms with Crippen LogP contribution in [0.3, 0.4) is 0 Å². The van der Waals surface area contributed by atoms with Gasteiger partial charge in [-0.15, -0.1) is 0 Å². The van der Waals surface area contributed by atoms with Crippen molar-refractivity contribution in [3.05, 3.63) is 64.1 Å². The Kier molecular flexibility index (Phi) is 6.13. The number of nitrogens with one attached hydrogen (secondary N) is 3. The lowest BCUT2D eigenvalue weighted by Gasteiger charge is -2.06. The second-order valence-corrected chi connectivity index (χ2v) is 7.14. The highest BCUT2D eigenvalue weighted by Crippen LogP contribution is 2.25. The normalized spacial score (nSPS) is 10.2. The highest BCUT2D eigenvalue weighted by atomic mass is 35.5. The molecule has 0 spiro atoms. The predicted octanol–water partition coefficient (Wildman–Crippen LogP) is 5.01. The first-order valence-electron chi connectivity index (χ1n) is 8.21. The van der Waals surface area contributed by atoms with Gasteiger partial charge < -0.3 is 15.4 Å². The Morgan fingerprint density at radius 3 is 2.46 bits per heavy atom. The van der Waals surface area contributed by atoms with Crippen molar-refractivity contribution in [3.63, 3.8) is 0 Å². The summed E-state index contributed by atoms with van der Waals surface area (Å²) in [6.45, 7) is 1.71. The fraction of sp³-hybridized carbons (Fsp3) is 0.105. The molecular formula is C19H17ClN4O3S. The number of hydrogen-bond acceptors (Lipinski definition) is 5. The summed E-state index contributed by atoms with van der Waals surface area (Å²) in [5.74, 6) is 0.324. The lowest BCUT2D eigenvalue weighted by Crippen LogP contribution is -2.19. The molecule has 144 valence electrons. The van der Waals surface area contributed by atoms with Gasteiger partial charge in [-0.3, -0.25) is 10.1 Å². The minimum absolute atomic E-state index is 0.313. The van der Waals surface area contributed by atoms with Crippen LogP contribution in [0.5, 0.6) is 5.75 Å². The number of anilines is 3. The van der Waals surface area contributed by atoms with E-state index >= 15 is 0 Å². The molecule has 0 atom stereocenters. The Balaban J connectivity index is 1.66. The zero-order valence-corrected chi connectivity index (χ0v) is 16.6. The number of ether oxygens (including phenoxy) is 1. The van der Waals surface area contributed by atoms with Gasteiger partial charge in [0.1, 0.15) is 10.6 Å². The van der Waals surface area contributed by atoms with E-state index in [0.717, 1.165) is 11.3 Å². The first-order valence-corrected chi connectivity index (χ1v) is 9.40. The molecule has 0 saturated carbocycles. The maximum absolute atomic E-state index is 12.5. The van der Waals surface area contributed by atoms with Crippen molar-refractivity contribution < 1.29 is 14.3 Å². The minimum Gasteiger partial charge on any atom is -0.497 e. The predicted molar refractivity (Wildman–Crippen MR) is 112 cm³/mol. The largest absolute Gasteiger partial charge is 0.497 e. The molecule has 0 fully saturated rings. The lowest BCUT2D eigenvalue weighted by molar-refractivity contribution is 0.103. The quantitative estimate of drug-likeness (QED) is 0.545. The van der Waals surface area contributed by atoms with Crippen molar-refractivity contribution in [2.24, 2.45) is 0 Å². The molecule has 9 heteroatoms. The Morgan fingerprint density at radius 2 is 1.75 bits per heavy atom. The molecule has 7 nitrogen and oxygen atoms in total. The molecule has 28 heavy (non-hydrogen) atoms. The third-order valence-corrected chi connectivity index (χ3v) is 4.94. The highest BCUT2D eigenvalue weighted by molar-refractivity contribution is 7.17. The molecule has 0 aliphatic heterocycles. The van der Waals surface area contributed by atoms with Gasteiger partial charge in [0.15, 0.2) is 5.13 Å². The van der Waals surface area contributed by atoms with E-state index in [1.54, 1.807) is 62.6 Å². The van der Waals surface area contributed by atoms with Crippen LogP contribution >= 0.6 is 22.9 Å². The molecule has 0 bridgehead atoms. The second kappa shape index (κ2) is 8.73. The number of benzene rings is 2. The summed E-state index contributed by atoms with van der Waals surface area (Å²) in [4.78, 5) is 29.3. The van der Waals surface area contributed by atoms with Gasteiger partial charge in [-0.05, 0) is 37.3 Å². The van der Waals surface area contributed by atoms with Crippen molar-refractivity contribution in [1.82, 2.24) is 4.98 Å². The fourth-order valence-electron chi connectivity index (χ4n) is 2.37. The van der Waals surface area contributed by atoms with Gasteiger partial charge in [-0.2, -0.15) is 0 Å². The number of hydrogen-bond donors (Lipinski definition) is 3. The summed E-state index contributed by atoms with van der Waals surface area (Å²) in [6.07, 6.45) is 0. The highest BCUT2D eigenvalue weighted by Gasteiger charge is 2.17. The van der Waals surface area contributed by atoms with E-state index in [9.17, 15) is 9.59 Å². The smallest absolute Gasteiger partial charge is 0.325 e. The first-order chi connectivity index (χ1) is 13.4. The third-order valence-electron chi connectivity index (χ3n) is 3.63. The average molecular weight is 417 g/mol. The maximum atomic E-state index is 12.5. The average Bonchev–Trinajstić information content (AvgIpc) is 3.02. The van der Waals surface area contributed by atoms with Gasteiger partial charge in [-0.1, -0.05) is 35.1 Å². The molecule has 3 N–H and O–H groups in total. The van der Waals surface area contributed by atoms with Crippen LogP contribution in [-0.4, -0.2) is 24.0 Å². The lowest BCUT2D eigenvalue weighted by atomic mass is 10.3. The molecule has 2 aromatic carbocycles. The molecule has 3 amide bonds. The van der Waals surface area contributed by atoms with Crippen LogP contribution in [0.2, 0.25) is 5.02 Å². The van der Waals surface area contributed by atoms with Crippen LogP contribution < -0.4 is 20.7 Å². The molecule has 0 saturated heterocycles. The van der Waals surface area contributed by atoms with Crippen LogP contribution in [0.1, 0.15) is 15.4 Å². The Hall–Kier alpha value is -3.10. The summed E-state index contributed by atoms with van der Waals surface area (Å²) in [7, 11) is 1.56. The van der Waals surface area contributed by atoms with Crippen LogP contribution in [0, 0.1) is 6.92 Å². The summed E-state index contributed by atoms with van der Waals surface area (Å²) in [5, 5.41) is 8.90. The van der Waals surface area contributed by atoms with Crippen LogP contribution in [-0.2, 0) is 0 Å². The van der Waals surface area contributed by atoms with E-state index in [1.807, 2.05) is 0 Å². The van der Waals surface area contributed by atoms with Gasteiger partial charge in [-0.25, -0.2) is 9.78 Å². The number of methoxy groups -OCH3 is 1. The van der Waals surface area contributed by atoms with Crippen molar-refractivity contribution in [2.75, 3.05) is 23.1 Å². The number of carbonyl (C=O) groups is 2. The molecule has 1 heterocycles. The van der Waals surface area contributed by atoms with E-state index in [0.29, 0.717) is 37.8 Å². The monoisotopic (exact) mass is 416 g/mol. The maximum Gasteiger partial charge on any atom is 0.325 e. The summed E-state index contributed by atoms with van der Waals surface area (Å²) < 4.78 is 5.15. The summed E-state index contributed by atoms with van der Waals surface area (Å²) in [5.41, 5.74) is 1.67. The van der Waals surface area contributed by atoms with E-state index in [4.69, 9.17) is 16.3 Å². The van der Waals surface area contributed by atoms with Crippen molar-refractivity contribution in [1.29, 1.82) is 0 Å². The molecule has 0 aliphatic carbocycles. The third kappa shape index (κ3) is 4.99. The van der Waals surface area contributed by atoms with Crippen molar-refractivity contribution >= 4 is 51.4 Å². The summed E-state index contributed by atoms with van der Waals surface area (Å²) >= 11 is 6.99. The number of carbonyl (C=O) groups excluding carboxylic acids is 2. The number of aryl methyl sites for hydroxylation is 1. The van der Waals surface area contributed by atoms with Crippen LogP contribution in [0.4, 0.5) is 21.3 Å². The first kappa shape index (κ1) is 19.7. The van der Waals surface area contributed by atoms with E-state index in [-0.39, 0.29) is 5.91 Å². The van der Waals surface area contributed by atoms with Crippen LogP contribution in [0.15, 0.2) is 48.5 Å². The number of nitrogens with zero attached hydrogens (tertiary/aromatic N) is 1. The van der Waals surface area contributed by atoms with Crippen molar-refractivity contribution in [3.8, 4) is 5.75 Å². The minimum atomic E-state index is -0.476. The molecule has 0 radical (unpaired) electrons. The zero-order chi connectivity index (χ0) is 20.1. The molecule has 0 aliphatic rings. The number of urea groups is 1. The van der Waals surface area contributed by atoms with Crippen molar-refractivity contribution in [2.45, 2.75) is 6.92 Å². The number of rotatable bonds is 5. The SMILES string of the molecule is COc1cccc(NC(=O)c2sc(NC(=O)Nc3cccc(Cl)c3)nc2C)c1. The van der Waals surface area contributed by atoms with E-state index in [1.165, 1.54) is 0 Å². The van der Waals surface area contributed by atoms with Gasteiger partial charge in [0, 0.05) is 22.5 Å². The molecule has 0 unspecified atom stereocenters. The van der Waals surface area contributed by atoms with Gasteiger partial charge >= 0.3 is 6.03 Å². The van der Waals surface area contributed by atoms with Crippen LogP contribution in [0.25, 0.3) is 0 Å². The second-order valence-electron chi connectivity index (χ2n) is 5.71. The number of amides is 3. The summed E-state index contributed by atoms with van der Waals surface area (Å²) in [6, 6.07) is 13.3.